The lowest BCUT2D eigenvalue weighted by atomic mass is 10.1. The zero-order chi connectivity index (χ0) is 21.3. The molecular weight excluding hydrogens is 419 g/mol. The summed E-state index contributed by atoms with van der Waals surface area (Å²) in [6.45, 7) is 4.65. The van der Waals surface area contributed by atoms with Crippen LogP contribution in [0.15, 0.2) is 60.7 Å². The highest BCUT2D eigenvalue weighted by Crippen LogP contribution is 2.23. The Morgan fingerprint density at radius 1 is 0.933 bits per heavy atom. The molecule has 4 rings (SSSR count). The summed E-state index contributed by atoms with van der Waals surface area (Å²) in [7, 11) is 0. The molecule has 1 heterocycles. The molecule has 0 saturated carbocycles. The Morgan fingerprint density at radius 3 is 2.23 bits per heavy atom. The molecule has 0 aliphatic heterocycles. The lowest BCUT2D eigenvalue weighted by molar-refractivity contribution is 0.0466. The van der Waals surface area contributed by atoms with E-state index in [1.165, 1.54) is 0 Å². The van der Waals surface area contributed by atoms with Crippen LogP contribution < -0.4 is 0 Å². The summed E-state index contributed by atoms with van der Waals surface area (Å²) in [6, 6.07) is 18.9. The number of halogens is 2. The van der Waals surface area contributed by atoms with E-state index in [9.17, 15) is 4.79 Å². The molecule has 0 aliphatic carbocycles. The van der Waals surface area contributed by atoms with Crippen molar-refractivity contribution < 1.29 is 9.53 Å². The predicted molar refractivity (Wildman–Crippen MR) is 120 cm³/mol. The lowest BCUT2D eigenvalue weighted by Gasteiger charge is -2.08. The van der Waals surface area contributed by atoms with Gasteiger partial charge in [-0.25, -0.2) is 4.79 Å². The Hall–Kier alpha value is -2.82. The summed E-state index contributed by atoms with van der Waals surface area (Å²) >= 11 is 12.1. The minimum atomic E-state index is -0.452. The molecule has 0 spiro atoms. The number of carbonyl (C=O) groups excluding carboxylic acids is 1. The third kappa shape index (κ3) is 4.20. The molecule has 3 aromatic carbocycles. The molecule has 4 aromatic rings. The number of para-hydroxylation sites is 1. The van der Waals surface area contributed by atoms with Crippen LogP contribution in [0.4, 0.5) is 0 Å². The van der Waals surface area contributed by atoms with Gasteiger partial charge in [0.05, 0.1) is 12.1 Å². The number of hydrogen-bond donors (Lipinski definition) is 0. The number of aryl methyl sites for hydroxylation is 2. The van der Waals surface area contributed by atoms with Crippen molar-refractivity contribution in [1.29, 1.82) is 0 Å². The van der Waals surface area contributed by atoms with Crippen LogP contribution in [0.2, 0.25) is 10.0 Å². The first-order valence-corrected chi connectivity index (χ1v) is 10.3. The monoisotopic (exact) mass is 438 g/mol. The van der Waals surface area contributed by atoms with E-state index >= 15 is 0 Å². The van der Waals surface area contributed by atoms with Crippen LogP contribution in [-0.2, 0) is 17.9 Å². The van der Waals surface area contributed by atoms with E-state index in [1.807, 2.05) is 73.1 Å². The van der Waals surface area contributed by atoms with E-state index in [2.05, 4.69) is 5.10 Å². The third-order valence-corrected chi connectivity index (χ3v) is 5.61. The van der Waals surface area contributed by atoms with E-state index in [0.717, 1.165) is 33.2 Å². The second-order valence-electron chi connectivity index (χ2n) is 7.24. The molecule has 0 bridgehead atoms. The van der Waals surface area contributed by atoms with Crippen LogP contribution in [0.3, 0.4) is 0 Å². The van der Waals surface area contributed by atoms with Crippen LogP contribution in [0.5, 0.6) is 0 Å². The number of carbonyl (C=O) groups is 1. The van der Waals surface area contributed by atoms with Gasteiger partial charge < -0.3 is 4.74 Å². The van der Waals surface area contributed by atoms with Crippen molar-refractivity contribution >= 4 is 40.1 Å². The maximum absolute atomic E-state index is 12.8. The first-order chi connectivity index (χ1) is 14.4. The Bertz CT molecular complexity index is 1250. The summed E-state index contributed by atoms with van der Waals surface area (Å²) in [5.41, 5.74) is 5.23. The van der Waals surface area contributed by atoms with Crippen LogP contribution in [0.1, 0.15) is 32.7 Å². The van der Waals surface area contributed by atoms with Crippen molar-refractivity contribution in [3.63, 3.8) is 0 Å². The smallest absolute Gasteiger partial charge is 0.359 e. The molecule has 0 amide bonds. The largest absolute Gasteiger partial charge is 0.456 e. The van der Waals surface area contributed by atoms with Gasteiger partial charge in [0, 0.05) is 15.4 Å². The number of rotatable bonds is 5. The van der Waals surface area contributed by atoms with Gasteiger partial charge in [0.1, 0.15) is 6.61 Å². The highest BCUT2D eigenvalue weighted by Gasteiger charge is 2.19. The van der Waals surface area contributed by atoms with Crippen molar-refractivity contribution in [2.75, 3.05) is 0 Å². The Labute approximate surface area is 185 Å². The number of benzene rings is 3. The molecule has 152 valence electrons. The second kappa shape index (κ2) is 8.50. The SMILES string of the molecule is Cc1cc(Cl)ccc1COC(=O)c1nn(Cc2ccc(Cl)cc2C)c2ccccc12. The van der Waals surface area contributed by atoms with E-state index in [1.54, 1.807) is 6.07 Å². The van der Waals surface area contributed by atoms with Gasteiger partial charge in [-0.05, 0) is 66.4 Å². The molecule has 30 heavy (non-hydrogen) atoms. The molecule has 4 nitrogen and oxygen atoms in total. The van der Waals surface area contributed by atoms with Gasteiger partial charge in [0.25, 0.3) is 0 Å². The Balaban J connectivity index is 1.62. The Kier molecular flexibility index (Phi) is 5.80. The van der Waals surface area contributed by atoms with E-state index in [4.69, 9.17) is 27.9 Å². The highest BCUT2D eigenvalue weighted by atomic mass is 35.5. The van der Waals surface area contributed by atoms with Gasteiger partial charge in [-0.15, -0.1) is 0 Å². The lowest BCUT2D eigenvalue weighted by Crippen LogP contribution is -2.09. The van der Waals surface area contributed by atoms with Crippen molar-refractivity contribution in [1.82, 2.24) is 9.78 Å². The zero-order valence-corrected chi connectivity index (χ0v) is 18.2. The van der Waals surface area contributed by atoms with Crippen LogP contribution >= 0.6 is 23.2 Å². The topological polar surface area (TPSA) is 44.1 Å². The summed E-state index contributed by atoms with van der Waals surface area (Å²) in [5.74, 6) is -0.452. The summed E-state index contributed by atoms with van der Waals surface area (Å²) in [5, 5.41) is 6.71. The minimum Gasteiger partial charge on any atom is -0.456 e. The quantitative estimate of drug-likeness (QED) is 0.340. The van der Waals surface area contributed by atoms with Crippen molar-refractivity contribution in [2.24, 2.45) is 0 Å². The molecule has 0 aliphatic rings. The van der Waals surface area contributed by atoms with Crippen molar-refractivity contribution in [3.8, 4) is 0 Å². The summed E-state index contributed by atoms with van der Waals surface area (Å²) < 4.78 is 7.40. The van der Waals surface area contributed by atoms with Crippen molar-refractivity contribution in [2.45, 2.75) is 27.0 Å². The molecule has 1 aromatic heterocycles. The predicted octanol–water partition coefficient (Wildman–Crippen LogP) is 6.37. The molecule has 0 unspecified atom stereocenters. The highest BCUT2D eigenvalue weighted by molar-refractivity contribution is 6.30. The average molecular weight is 439 g/mol. The number of esters is 1. The summed E-state index contributed by atoms with van der Waals surface area (Å²) in [4.78, 5) is 12.8. The molecular formula is C24H20Cl2N2O2. The van der Waals surface area contributed by atoms with E-state index in [-0.39, 0.29) is 6.61 Å². The molecule has 6 heteroatoms. The van der Waals surface area contributed by atoms with Crippen LogP contribution in [0.25, 0.3) is 10.9 Å². The van der Waals surface area contributed by atoms with Gasteiger partial charge >= 0.3 is 5.97 Å². The van der Waals surface area contributed by atoms with Gasteiger partial charge in [-0.1, -0.05) is 53.5 Å². The zero-order valence-electron chi connectivity index (χ0n) is 16.7. The third-order valence-electron chi connectivity index (χ3n) is 5.14. The van der Waals surface area contributed by atoms with Gasteiger partial charge in [0.15, 0.2) is 5.69 Å². The van der Waals surface area contributed by atoms with Crippen LogP contribution in [-0.4, -0.2) is 15.7 Å². The average Bonchev–Trinajstić information content (AvgIpc) is 3.08. The maximum atomic E-state index is 12.8. The number of aromatic nitrogens is 2. The van der Waals surface area contributed by atoms with Crippen molar-refractivity contribution in [3.05, 3.63) is 98.7 Å². The fourth-order valence-electron chi connectivity index (χ4n) is 3.43. The number of ether oxygens (including phenoxy) is 1. The molecule has 0 atom stereocenters. The van der Waals surface area contributed by atoms with Gasteiger partial charge in [-0.3, -0.25) is 4.68 Å². The molecule has 0 radical (unpaired) electrons. The number of hydrogen-bond acceptors (Lipinski definition) is 3. The second-order valence-corrected chi connectivity index (χ2v) is 8.11. The minimum absolute atomic E-state index is 0.166. The van der Waals surface area contributed by atoms with Gasteiger partial charge in [-0.2, -0.15) is 5.10 Å². The normalized spacial score (nSPS) is 11.1. The standard InChI is InChI=1S/C24H20Cl2N2O2/c1-15-11-19(25)9-7-17(15)13-28-22-6-4-3-5-21(22)23(27-28)24(29)30-14-18-8-10-20(26)12-16(18)2/h3-12H,13-14H2,1-2H3. The first-order valence-electron chi connectivity index (χ1n) is 9.55. The molecule has 0 saturated heterocycles. The fraction of sp³-hybridized carbons (Fsp3) is 0.167. The van der Waals surface area contributed by atoms with E-state index < -0.39 is 5.97 Å². The number of nitrogens with zero attached hydrogens (tertiary/aromatic N) is 2. The summed E-state index contributed by atoms with van der Waals surface area (Å²) in [6.07, 6.45) is 0. The maximum Gasteiger partial charge on any atom is 0.359 e. The van der Waals surface area contributed by atoms with Gasteiger partial charge in [0.2, 0.25) is 0 Å². The molecule has 0 fully saturated rings. The molecule has 0 N–H and O–H groups in total. The first kappa shape index (κ1) is 20.5. The van der Waals surface area contributed by atoms with Crippen LogP contribution in [0, 0.1) is 13.8 Å². The van der Waals surface area contributed by atoms with E-state index in [0.29, 0.717) is 22.3 Å². The fourth-order valence-corrected chi connectivity index (χ4v) is 3.88. The Morgan fingerprint density at radius 2 is 1.57 bits per heavy atom. The number of fused-ring (bicyclic) bond motifs is 1.